The Kier molecular flexibility index (Phi) is 9.94. The smallest absolute Gasteiger partial charge is 0.319 e. The number of carboxylic acids is 1. The number of methoxy groups -OCH3 is 1. The summed E-state index contributed by atoms with van der Waals surface area (Å²) in [5, 5.41) is 18.6. The third-order valence-electron chi connectivity index (χ3n) is 2.54. The van der Waals surface area contributed by atoms with Crippen molar-refractivity contribution < 1.29 is 34.1 Å². The lowest BCUT2D eigenvalue weighted by atomic mass is 10.2. The van der Waals surface area contributed by atoms with E-state index >= 15 is 0 Å². The van der Waals surface area contributed by atoms with E-state index in [0.717, 1.165) is 0 Å². The average molecular weight is 304 g/mol. The van der Waals surface area contributed by atoms with E-state index in [4.69, 9.17) is 5.11 Å². The number of aliphatic hydroxyl groups excluding tert-OH is 1. The summed E-state index contributed by atoms with van der Waals surface area (Å²) < 4.78 is 4.47. The van der Waals surface area contributed by atoms with Crippen LogP contribution in [-0.4, -0.2) is 97.0 Å². The molecule has 0 saturated carbocycles. The van der Waals surface area contributed by atoms with E-state index in [1.54, 1.807) is 0 Å². The molecule has 120 valence electrons. The summed E-state index contributed by atoms with van der Waals surface area (Å²) in [6.45, 7) is -0.851. The van der Waals surface area contributed by atoms with Gasteiger partial charge in [-0.05, 0) is 0 Å². The summed E-state index contributed by atoms with van der Waals surface area (Å²) >= 11 is 0. The fourth-order valence-electron chi connectivity index (χ4n) is 1.71. The highest BCUT2D eigenvalue weighted by atomic mass is 16.5. The van der Waals surface area contributed by atoms with Gasteiger partial charge in [-0.15, -0.1) is 0 Å². The molecule has 0 radical (unpaired) electrons. The van der Waals surface area contributed by atoms with Crippen LogP contribution < -0.4 is 0 Å². The van der Waals surface area contributed by atoms with Gasteiger partial charge in [0.25, 0.3) is 0 Å². The summed E-state index contributed by atoms with van der Waals surface area (Å²) in [5.74, 6) is -1.68. The van der Waals surface area contributed by atoms with Crippen LogP contribution in [0, 0.1) is 0 Å². The minimum atomic E-state index is -1.12. The zero-order valence-electron chi connectivity index (χ0n) is 11.8. The molecular formula is C12H20N2O7. The van der Waals surface area contributed by atoms with E-state index in [0.29, 0.717) is 12.6 Å². The Bertz CT molecular complexity index is 362. The van der Waals surface area contributed by atoms with Crippen LogP contribution in [0.25, 0.3) is 0 Å². The van der Waals surface area contributed by atoms with Crippen LogP contribution in [0.4, 0.5) is 0 Å². The Morgan fingerprint density at radius 2 is 1.57 bits per heavy atom. The molecule has 0 rings (SSSR count). The largest absolute Gasteiger partial charge is 0.480 e. The molecule has 0 fully saturated rings. The lowest BCUT2D eigenvalue weighted by Gasteiger charge is -2.25. The SMILES string of the molecule is COC(=O)CN(CC=O)CC(O)CN(CC=O)CC(=O)O. The Balaban J connectivity index is 4.46. The van der Waals surface area contributed by atoms with Crippen molar-refractivity contribution in [2.45, 2.75) is 6.10 Å². The first-order valence-electron chi connectivity index (χ1n) is 6.21. The van der Waals surface area contributed by atoms with Gasteiger partial charge in [0, 0.05) is 13.1 Å². The normalized spacial score (nSPS) is 12.2. The number of ether oxygens (including phenoxy) is 1. The van der Waals surface area contributed by atoms with Gasteiger partial charge < -0.3 is 24.5 Å². The van der Waals surface area contributed by atoms with Gasteiger partial charge in [-0.2, -0.15) is 0 Å². The number of carbonyl (C=O) groups is 4. The fraction of sp³-hybridized carbons (Fsp3) is 0.667. The number of carboxylic acid groups (broad SMARTS) is 1. The van der Waals surface area contributed by atoms with Crippen LogP contribution in [0.1, 0.15) is 0 Å². The lowest BCUT2D eigenvalue weighted by molar-refractivity contribution is -0.142. The van der Waals surface area contributed by atoms with Gasteiger partial charge in [0.05, 0.1) is 39.4 Å². The highest BCUT2D eigenvalue weighted by Gasteiger charge is 2.19. The second kappa shape index (κ2) is 10.9. The Hall–Kier alpha value is -1.84. The van der Waals surface area contributed by atoms with Gasteiger partial charge >= 0.3 is 11.9 Å². The van der Waals surface area contributed by atoms with E-state index < -0.39 is 18.0 Å². The van der Waals surface area contributed by atoms with Crippen molar-refractivity contribution in [2.24, 2.45) is 0 Å². The molecule has 0 aromatic heterocycles. The molecule has 9 nitrogen and oxygen atoms in total. The van der Waals surface area contributed by atoms with Crippen LogP contribution >= 0.6 is 0 Å². The maximum absolute atomic E-state index is 11.2. The second-order valence-electron chi connectivity index (χ2n) is 4.35. The zero-order valence-corrected chi connectivity index (χ0v) is 11.8. The van der Waals surface area contributed by atoms with Gasteiger partial charge in [-0.25, -0.2) is 0 Å². The summed E-state index contributed by atoms with van der Waals surface area (Å²) in [4.78, 5) is 45.4. The maximum Gasteiger partial charge on any atom is 0.319 e. The molecule has 0 aromatic rings. The van der Waals surface area contributed by atoms with E-state index in [-0.39, 0.29) is 39.3 Å². The number of hydrogen-bond acceptors (Lipinski definition) is 8. The van der Waals surface area contributed by atoms with E-state index in [1.807, 2.05) is 0 Å². The molecule has 1 unspecified atom stereocenters. The number of aldehydes is 2. The van der Waals surface area contributed by atoms with Crippen molar-refractivity contribution >= 4 is 24.5 Å². The monoisotopic (exact) mass is 304 g/mol. The van der Waals surface area contributed by atoms with Crippen molar-refractivity contribution in [2.75, 3.05) is 46.4 Å². The van der Waals surface area contributed by atoms with Gasteiger partial charge in [0.2, 0.25) is 0 Å². The predicted molar refractivity (Wildman–Crippen MR) is 70.7 cm³/mol. The van der Waals surface area contributed by atoms with Crippen molar-refractivity contribution in [3.05, 3.63) is 0 Å². The van der Waals surface area contributed by atoms with Gasteiger partial charge in [-0.3, -0.25) is 19.4 Å². The number of nitrogens with zero attached hydrogens (tertiary/aromatic N) is 2. The molecule has 1 atom stereocenters. The highest BCUT2D eigenvalue weighted by molar-refractivity contribution is 5.72. The highest BCUT2D eigenvalue weighted by Crippen LogP contribution is 1.97. The predicted octanol–water partition coefficient (Wildman–Crippen LogP) is -2.39. The molecule has 0 heterocycles. The molecule has 21 heavy (non-hydrogen) atoms. The third kappa shape index (κ3) is 9.66. The molecule has 0 aliphatic carbocycles. The Morgan fingerprint density at radius 3 is 1.95 bits per heavy atom. The van der Waals surface area contributed by atoms with Crippen molar-refractivity contribution in [3.63, 3.8) is 0 Å². The van der Waals surface area contributed by atoms with Crippen LogP contribution in [0.2, 0.25) is 0 Å². The molecule has 0 bridgehead atoms. The molecule has 0 aliphatic heterocycles. The minimum Gasteiger partial charge on any atom is -0.480 e. The van der Waals surface area contributed by atoms with Gasteiger partial charge in [0.1, 0.15) is 12.6 Å². The van der Waals surface area contributed by atoms with Gasteiger partial charge in [-0.1, -0.05) is 0 Å². The molecule has 9 heteroatoms. The first-order chi connectivity index (χ1) is 9.92. The number of aliphatic carboxylic acids is 1. The van der Waals surface area contributed by atoms with Crippen molar-refractivity contribution in [1.82, 2.24) is 9.80 Å². The molecule has 2 N–H and O–H groups in total. The molecule has 0 amide bonds. The summed E-state index contributed by atoms with van der Waals surface area (Å²) in [7, 11) is 1.20. The summed E-state index contributed by atoms with van der Waals surface area (Å²) in [6.07, 6.45) is 0.0949. The van der Waals surface area contributed by atoms with Crippen molar-refractivity contribution in [3.8, 4) is 0 Å². The molecule has 0 aliphatic rings. The van der Waals surface area contributed by atoms with E-state index in [2.05, 4.69) is 4.74 Å². The Morgan fingerprint density at radius 1 is 1.10 bits per heavy atom. The van der Waals surface area contributed by atoms with Gasteiger partial charge in [0.15, 0.2) is 0 Å². The summed E-state index contributed by atoms with van der Waals surface area (Å²) in [5.41, 5.74) is 0. The Labute approximate surface area is 122 Å². The first-order valence-corrected chi connectivity index (χ1v) is 6.21. The van der Waals surface area contributed by atoms with E-state index in [1.165, 1.54) is 16.9 Å². The van der Waals surface area contributed by atoms with Crippen molar-refractivity contribution in [1.29, 1.82) is 0 Å². The number of hydrogen-bond donors (Lipinski definition) is 2. The minimum absolute atomic E-state index is 0.0250. The number of aliphatic hydroxyl groups is 1. The molecular weight excluding hydrogens is 284 g/mol. The molecule has 0 aromatic carbocycles. The molecule has 0 spiro atoms. The maximum atomic E-state index is 11.2. The standard InChI is InChI=1S/C12H20N2O7/c1-21-12(20)9-14(3-5-16)7-10(17)6-13(2-4-15)8-11(18)19/h4-5,10,17H,2-3,6-9H2,1H3,(H,18,19). The number of rotatable bonds is 12. The number of esters is 1. The number of carbonyl (C=O) groups excluding carboxylic acids is 3. The van der Waals surface area contributed by atoms with Crippen LogP contribution in [0.15, 0.2) is 0 Å². The quantitative estimate of drug-likeness (QED) is 0.300. The van der Waals surface area contributed by atoms with Crippen LogP contribution in [0.3, 0.4) is 0 Å². The third-order valence-corrected chi connectivity index (χ3v) is 2.54. The summed E-state index contributed by atoms with van der Waals surface area (Å²) in [6, 6.07) is 0. The first kappa shape index (κ1) is 19.2. The second-order valence-corrected chi connectivity index (χ2v) is 4.35. The molecule has 0 saturated heterocycles. The average Bonchev–Trinajstić information content (AvgIpc) is 2.38. The van der Waals surface area contributed by atoms with Crippen LogP contribution in [0.5, 0.6) is 0 Å². The fourth-order valence-corrected chi connectivity index (χ4v) is 1.71. The zero-order chi connectivity index (χ0) is 16.3. The topological polar surface area (TPSA) is 124 Å². The lowest BCUT2D eigenvalue weighted by Crippen LogP contribution is -2.44. The van der Waals surface area contributed by atoms with E-state index in [9.17, 15) is 24.3 Å². The van der Waals surface area contributed by atoms with Crippen LogP contribution in [-0.2, 0) is 23.9 Å².